The molecule has 1 aromatic rings. The summed E-state index contributed by atoms with van der Waals surface area (Å²) >= 11 is 1.74. The lowest BCUT2D eigenvalue weighted by atomic mass is 10.0. The van der Waals surface area contributed by atoms with Crippen molar-refractivity contribution in [1.29, 1.82) is 0 Å². The number of aromatic nitrogens is 1. The van der Waals surface area contributed by atoms with Gasteiger partial charge in [-0.2, -0.15) is 12.7 Å². The number of fused-ring (bicyclic) bond motifs is 1. The zero-order valence-corrected chi connectivity index (χ0v) is 13.1. The van der Waals surface area contributed by atoms with Crippen LogP contribution in [0.25, 0.3) is 0 Å². The minimum Gasteiger partial charge on any atom is -0.246 e. The van der Waals surface area contributed by atoms with E-state index < -0.39 is 10.2 Å². The molecule has 0 saturated carbocycles. The second-order valence-corrected chi connectivity index (χ2v) is 7.78. The zero-order chi connectivity index (χ0) is 13.9. The molecule has 1 N–H and O–H groups in total. The Kier molecular flexibility index (Phi) is 4.94. The van der Waals surface area contributed by atoms with Crippen molar-refractivity contribution in [3.63, 3.8) is 0 Å². The molecule has 0 radical (unpaired) electrons. The van der Waals surface area contributed by atoms with Crippen LogP contribution in [-0.4, -0.2) is 37.8 Å². The minimum atomic E-state index is -3.32. The zero-order valence-electron chi connectivity index (χ0n) is 11.5. The summed E-state index contributed by atoms with van der Waals surface area (Å²) in [5.41, 5.74) is 1.24. The lowest BCUT2D eigenvalue weighted by Crippen LogP contribution is -2.38. The topological polar surface area (TPSA) is 62.3 Å². The smallest absolute Gasteiger partial charge is 0.246 e. The van der Waals surface area contributed by atoms with Crippen LogP contribution in [0.5, 0.6) is 0 Å². The number of nitrogens with zero attached hydrogens (tertiary/aromatic N) is 2. The monoisotopic (exact) mass is 303 g/mol. The summed E-state index contributed by atoms with van der Waals surface area (Å²) in [5.74, 6) is 0. The Labute approximate surface area is 119 Å². The van der Waals surface area contributed by atoms with Crippen LogP contribution in [0.4, 0.5) is 0 Å². The van der Waals surface area contributed by atoms with Gasteiger partial charge in [0.15, 0.2) is 0 Å². The van der Waals surface area contributed by atoms with Crippen LogP contribution in [0, 0.1) is 0 Å². The molecule has 7 heteroatoms. The number of rotatable bonds is 6. The summed E-state index contributed by atoms with van der Waals surface area (Å²) in [6, 6.07) is 0. The molecule has 0 saturated heterocycles. The van der Waals surface area contributed by atoms with E-state index in [-0.39, 0.29) is 0 Å². The van der Waals surface area contributed by atoms with E-state index in [0.717, 1.165) is 17.8 Å². The van der Waals surface area contributed by atoms with Gasteiger partial charge in [-0.05, 0) is 25.7 Å². The van der Waals surface area contributed by atoms with Crippen molar-refractivity contribution in [2.24, 2.45) is 0 Å². The Morgan fingerprint density at radius 1 is 1.37 bits per heavy atom. The van der Waals surface area contributed by atoms with Gasteiger partial charge in [0, 0.05) is 31.4 Å². The van der Waals surface area contributed by atoms with Crippen LogP contribution in [0.2, 0.25) is 0 Å². The summed E-state index contributed by atoms with van der Waals surface area (Å²) in [6.45, 7) is 2.70. The Morgan fingerprint density at radius 2 is 2.11 bits per heavy atom. The predicted molar refractivity (Wildman–Crippen MR) is 77.7 cm³/mol. The Balaban J connectivity index is 1.88. The summed E-state index contributed by atoms with van der Waals surface area (Å²) in [7, 11) is -1.75. The van der Waals surface area contributed by atoms with Crippen LogP contribution in [0.15, 0.2) is 0 Å². The first kappa shape index (κ1) is 14.9. The molecule has 108 valence electrons. The van der Waals surface area contributed by atoms with Crippen LogP contribution in [0.3, 0.4) is 0 Å². The Morgan fingerprint density at radius 3 is 2.79 bits per heavy atom. The number of hydrogen-bond acceptors (Lipinski definition) is 4. The van der Waals surface area contributed by atoms with E-state index in [4.69, 9.17) is 0 Å². The quantitative estimate of drug-likeness (QED) is 0.863. The number of nitrogens with one attached hydrogen (secondary N) is 1. The SMILES string of the molecule is CCN(C)S(=O)(=O)NCCc1nc2c(s1)CCCC2. The van der Waals surface area contributed by atoms with Gasteiger partial charge in [0.2, 0.25) is 0 Å². The molecule has 1 heterocycles. The lowest BCUT2D eigenvalue weighted by molar-refractivity contribution is 0.474. The molecule has 2 rings (SSSR count). The third-order valence-electron chi connectivity index (χ3n) is 3.37. The van der Waals surface area contributed by atoms with Crippen LogP contribution < -0.4 is 4.72 Å². The normalized spacial score (nSPS) is 15.7. The molecule has 0 bridgehead atoms. The van der Waals surface area contributed by atoms with E-state index in [1.807, 2.05) is 6.92 Å². The van der Waals surface area contributed by atoms with Crippen molar-refractivity contribution in [3.8, 4) is 0 Å². The molecular weight excluding hydrogens is 282 g/mol. The van der Waals surface area contributed by atoms with Gasteiger partial charge in [-0.1, -0.05) is 6.92 Å². The predicted octanol–water partition coefficient (Wildman–Crippen LogP) is 1.35. The number of thiazole rings is 1. The largest absolute Gasteiger partial charge is 0.279 e. The van der Waals surface area contributed by atoms with Crippen LogP contribution in [-0.2, 0) is 29.5 Å². The van der Waals surface area contributed by atoms with E-state index in [0.29, 0.717) is 19.5 Å². The van der Waals surface area contributed by atoms with E-state index in [9.17, 15) is 8.42 Å². The van der Waals surface area contributed by atoms with E-state index >= 15 is 0 Å². The molecule has 0 fully saturated rings. The third-order valence-corrected chi connectivity index (χ3v) is 6.23. The molecule has 19 heavy (non-hydrogen) atoms. The van der Waals surface area contributed by atoms with Crippen molar-refractivity contribution in [1.82, 2.24) is 14.0 Å². The molecule has 0 spiro atoms. The Hall–Kier alpha value is -0.500. The molecule has 1 aliphatic carbocycles. The van der Waals surface area contributed by atoms with Crippen molar-refractivity contribution in [2.75, 3.05) is 20.1 Å². The van der Waals surface area contributed by atoms with Crippen molar-refractivity contribution >= 4 is 21.5 Å². The Bertz CT molecular complexity index is 502. The molecule has 1 aliphatic rings. The molecular formula is C12H21N3O2S2. The van der Waals surface area contributed by atoms with Crippen molar-refractivity contribution < 1.29 is 8.42 Å². The van der Waals surface area contributed by atoms with Gasteiger partial charge < -0.3 is 0 Å². The molecule has 0 amide bonds. The van der Waals surface area contributed by atoms with E-state index in [1.54, 1.807) is 18.4 Å². The van der Waals surface area contributed by atoms with Gasteiger partial charge in [-0.3, -0.25) is 0 Å². The summed E-state index contributed by atoms with van der Waals surface area (Å²) < 4.78 is 27.4. The maximum atomic E-state index is 11.7. The fraction of sp³-hybridized carbons (Fsp3) is 0.750. The minimum absolute atomic E-state index is 0.416. The van der Waals surface area contributed by atoms with Crippen LogP contribution in [0.1, 0.15) is 35.3 Å². The highest BCUT2D eigenvalue weighted by Crippen LogP contribution is 2.26. The molecule has 0 unspecified atom stereocenters. The van der Waals surface area contributed by atoms with Gasteiger partial charge in [-0.15, -0.1) is 11.3 Å². The second-order valence-electron chi connectivity index (χ2n) is 4.75. The van der Waals surface area contributed by atoms with Gasteiger partial charge in [0.1, 0.15) is 0 Å². The first-order chi connectivity index (χ1) is 9.03. The van der Waals surface area contributed by atoms with E-state index in [2.05, 4.69) is 9.71 Å². The van der Waals surface area contributed by atoms with Gasteiger partial charge in [0.25, 0.3) is 10.2 Å². The number of aryl methyl sites for hydroxylation is 2. The average molecular weight is 303 g/mol. The van der Waals surface area contributed by atoms with Gasteiger partial charge >= 0.3 is 0 Å². The fourth-order valence-electron chi connectivity index (χ4n) is 2.08. The standard InChI is InChI=1S/C12H21N3O2S2/c1-3-15(2)19(16,17)13-9-8-12-14-10-6-4-5-7-11(10)18-12/h13H,3-9H2,1-2H3. The first-order valence-electron chi connectivity index (χ1n) is 6.71. The summed E-state index contributed by atoms with van der Waals surface area (Å²) in [4.78, 5) is 6.00. The molecule has 0 aromatic carbocycles. The van der Waals surface area contributed by atoms with Crippen LogP contribution >= 0.6 is 11.3 Å². The lowest BCUT2D eigenvalue weighted by Gasteiger charge is -2.14. The van der Waals surface area contributed by atoms with Gasteiger partial charge in [0.05, 0.1) is 10.7 Å². The highest BCUT2D eigenvalue weighted by molar-refractivity contribution is 7.87. The van der Waals surface area contributed by atoms with Crippen molar-refractivity contribution in [2.45, 2.75) is 39.0 Å². The first-order valence-corrected chi connectivity index (χ1v) is 8.97. The number of hydrogen-bond donors (Lipinski definition) is 1. The maximum absolute atomic E-state index is 11.7. The summed E-state index contributed by atoms with van der Waals surface area (Å²) in [5, 5.41) is 1.05. The molecule has 1 aromatic heterocycles. The van der Waals surface area contributed by atoms with E-state index in [1.165, 1.54) is 27.7 Å². The van der Waals surface area contributed by atoms with Crippen molar-refractivity contribution in [3.05, 3.63) is 15.6 Å². The van der Waals surface area contributed by atoms with Gasteiger partial charge in [-0.25, -0.2) is 9.71 Å². The fourth-order valence-corrected chi connectivity index (χ4v) is 4.16. The maximum Gasteiger partial charge on any atom is 0.279 e. The highest BCUT2D eigenvalue weighted by atomic mass is 32.2. The molecule has 5 nitrogen and oxygen atoms in total. The second kappa shape index (κ2) is 6.30. The summed E-state index contributed by atoms with van der Waals surface area (Å²) in [6.07, 6.45) is 5.37. The molecule has 0 atom stereocenters. The third kappa shape index (κ3) is 3.75. The average Bonchev–Trinajstić information content (AvgIpc) is 2.80. The highest BCUT2D eigenvalue weighted by Gasteiger charge is 2.17. The molecule has 0 aliphatic heterocycles.